The molecule has 2 aromatic rings. The van der Waals surface area contributed by atoms with E-state index < -0.39 is 91.6 Å². The highest BCUT2D eigenvalue weighted by Gasteiger charge is 2.38. The predicted octanol–water partition coefficient (Wildman–Crippen LogP) is 6.01. The Morgan fingerprint density at radius 2 is 0.800 bits per heavy atom. The van der Waals surface area contributed by atoms with Crippen LogP contribution in [0.2, 0.25) is 0 Å². The van der Waals surface area contributed by atoms with Crippen molar-refractivity contribution in [2.45, 2.75) is 105 Å². The van der Waals surface area contributed by atoms with Gasteiger partial charge in [-0.3, -0.25) is 9.59 Å². The molecule has 0 bridgehead atoms. The minimum absolute atomic E-state index is 0.256. The number of ether oxygens (including phenoxy) is 4. The summed E-state index contributed by atoms with van der Waals surface area (Å²) in [7, 11) is 0. The molecule has 50 heavy (non-hydrogen) atoms. The highest BCUT2D eigenvalue weighted by atomic mass is 16.6. The van der Waals surface area contributed by atoms with E-state index in [0.29, 0.717) is 0 Å². The predicted molar refractivity (Wildman–Crippen MR) is 182 cm³/mol. The van der Waals surface area contributed by atoms with Crippen LogP contribution in [0.1, 0.15) is 126 Å². The van der Waals surface area contributed by atoms with E-state index in [0.717, 1.165) is 12.2 Å². The van der Waals surface area contributed by atoms with Crippen LogP contribution >= 0.6 is 0 Å². The maximum atomic E-state index is 14.1. The number of phenolic OH excluding ortho intramolecular Hbond substituents is 2. The third-order valence-electron chi connectivity index (χ3n) is 6.46. The lowest BCUT2D eigenvalue weighted by atomic mass is 9.80. The number of hydrogen-bond donors (Lipinski definition) is 2. The zero-order valence-corrected chi connectivity index (χ0v) is 30.4. The van der Waals surface area contributed by atoms with E-state index in [9.17, 15) is 39.0 Å². The van der Waals surface area contributed by atoms with Crippen LogP contribution in [0.4, 0.5) is 0 Å². The highest BCUT2D eigenvalue weighted by molar-refractivity contribution is 6.32. The Hall–Kier alpha value is -5.26. The number of esters is 4. The molecule has 0 spiro atoms. The van der Waals surface area contributed by atoms with E-state index in [-0.39, 0.29) is 22.3 Å². The molecule has 0 fully saturated rings. The van der Waals surface area contributed by atoms with Crippen molar-refractivity contribution in [2.24, 2.45) is 0 Å². The average molecular weight is 693 g/mol. The number of phenols is 2. The molecule has 0 saturated heterocycles. The van der Waals surface area contributed by atoms with E-state index in [1.165, 1.54) is 24.3 Å². The van der Waals surface area contributed by atoms with Crippen molar-refractivity contribution in [3.8, 4) is 11.5 Å². The molecule has 2 aromatic carbocycles. The van der Waals surface area contributed by atoms with Gasteiger partial charge in [0.15, 0.2) is 5.78 Å². The normalized spacial score (nSPS) is 14.0. The minimum atomic E-state index is -1.05. The van der Waals surface area contributed by atoms with Crippen LogP contribution in [0.25, 0.3) is 11.1 Å². The summed E-state index contributed by atoms with van der Waals surface area (Å²) in [6.07, 6.45) is 1.63. The lowest BCUT2D eigenvalue weighted by Crippen LogP contribution is -2.27. The Labute approximate surface area is 291 Å². The first kappa shape index (κ1) is 39.2. The number of fused-ring (bicyclic) bond motifs is 2. The van der Waals surface area contributed by atoms with Crippen molar-refractivity contribution in [1.29, 1.82) is 0 Å². The molecule has 268 valence electrons. The minimum Gasteiger partial charge on any atom is -0.506 e. The first-order valence-electron chi connectivity index (χ1n) is 15.8. The van der Waals surface area contributed by atoms with Crippen molar-refractivity contribution in [1.82, 2.24) is 0 Å². The topological polar surface area (TPSA) is 180 Å². The third kappa shape index (κ3) is 9.46. The van der Waals surface area contributed by atoms with Gasteiger partial charge >= 0.3 is 23.9 Å². The molecule has 12 nitrogen and oxygen atoms in total. The standard InChI is InChI=1S/C38H44O12/c1-35(2,3)47-25(39)17-23(33(45)49-37(7,8)9)19-13-15-21-27(30(19)42)32(44)28-22(29(21)41)16-14-20(31(28)43)24(34(46)50-38(10,11)12)18-26(40)48-36(4,5)6/h13-18,42-43H,1-12H3/b23-17+,24-18+. The Bertz CT molecular complexity index is 1710. The quantitative estimate of drug-likeness (QED) is 0.175. The van der Waals surface area contributed by atoms with Gasteiger partial charge in [0.25, 0.3) is 0 Å². The summed E-state index contributed by atoms with van der Waals surface area (Å²) >= 11 is 0. The number of carbonyl (C=O) groups is 6. The van der Waals surface area contributed by atoms with Gasteiger partial charge in [-0.1, -0.05) is 0 Å². The van der Waals surface area contributed by atoms with Crippen molar-refractivity contribution >= 4 is 46.6 Å². The van der Waals surface area contributed by atoms with Gasteiger partial charge in [0, 0.05) is 34.4 Å². The highest BCUT2D eigenvalue weighted by Crippen LogP contribution is 2.43. The number of aromatic hydroxyl groups is 2. The second-order valence-corrected chi connectivity index (χ2v) is 15.6. The first-order chi connectivity index (χ1) is 22.6. The van der Waals surface area contributed by atoms with Crippen LogP contribution in [0, 0.1) is 0 Å². The van der Waals surface area contributed by atoms with Gasteiger partial charge in [0.2, 0.25) is 5.78 Å². The fourth-order valence-corrected chi connectivity index (χ4v) is 4.78. The fraction of sp³-hybridized carbons (Fsp3) is 0.421. The molecule has 12 heteroatoms. The largest absolute Gasteiger partial charge is 0.506 e. The molecular weight excluding hydrogens is 648 g/mol. The summed E-state index contributed by atoms with van der Waals surface area (Å²) in [6.45, 7) is 19.2. The molecule has 2 N–H and O–H groups in total. The SMILES string of the molecule is CC(C)(C)OC(=O)/C=C(/C(=O)OC(C)(C)C)c1ccc2c(c1O)C(=O)c1c(ccc(/C(=C\C(=O)OC(C)(C)C)C(=O)OC(C)(C)C)c1O)C2=O. The van der Waals surface area contributed by atoms with Gasteiger partial charge in [-0.25, -0.2) is 19.2 Å². The van der Waals surface area contributed by atoms with Gasteiger partial charge in [0.05, 0.1) is 22.3 Å². The Morgan fingerprint density at radius 1 is 0.500 bits per heavy atom. The van der Waals surface area contributed by atoms with Gasteiger partial charge in [0.1, 0.15) is 33.9 Å². The van der Waals surface area contributed by atoms with E-state index in [1.54, 1.807) is 83.1 Å². The molecule has 0 atom stereocenters. The number of carbonyl (C=O) groups excluding carboxylic acids is 6. The van der Waals surface area contributed by atoms with Crippen molar-refractivity contribution in [3.63, 3.8) is 0 Å². The Morgan fingerprint density at radius 3 is 1.08 bits per heavy atom. The zero-order valence-electron chi connectivity index (χ0n) is 30.4. The second kappa shape index (κ2) is 13.6. The molecule has 0 unspecified atom stereocenters. The smallest absolute Gasteiger partial charge is 0.339 e. The Kier molecular flexibility index (Phi) is 10.6. The number of rotatable bonds is 6. The van der Waals surface area contributed by atoms with Crippen molar-refractivity contribution in [2.75, 3.05) is 0 Å². The molecule has 1 aliphatic rings. The van der Waals surface area contributed by atoms with Gasteiger partial charge in [-0.05, 0) is 107 Å². The molecule has 0 heterocycles. The van der Waals surface area contributed by atoms with Crippen LogP contribution in [-0.2, 0) is 38.1 Å². The number of benzene rings is 2. The number of ketones is 2. The molecule has 0 radical (unpaired) electrons. The Balaban J connectivity index is 2.28. The average Bonchev–Trinajstić information content (AvgIpc) is 2.89. The maximum Gasteiger partial charge on any atom is 0.339 e. The molecule has 3 rings (SSSR count). The monoisotopic (exact) mass is 692 g/mol. The number of hydrogen-bond acceptors (Lipinski definition) is 12. The molecule has 0 aromatic heterocycles. The summed E-state index contributed by atoms with van der Waals surface area (Å²) in [5, 5.41) is 23.0. The van der Waals surface area contributed by atoms with Crippen LogP contribution in [0.5, 0.6) is 11.5 Å². The van der Waals surface area contributed by atoms with Crippen molar-refractivity contribution in [3.05, 3.63) is 69.8 Å². The molecule has 0 aliphatic heterocycles. The fourth-order valence-electron chi connectivity index (χ4n) is 4.78. The van der Waals surface area contributed by atoms with E-state index >= 15 is 0 Å². The van der Waals surface area contributed by atoms with Gasteiger partial charge in [-0.2, -0.15) is 0 Å². The van der Waals surface area contributed by atoms with Crippen molar-refractivity contribution < 1.29 is 57.9 Å². The van der Waals surface area contributed by atoms with Crippen LogP contribution in [-0.4, -0.2) is 68.1 Å². The molecule has 0 saturated carbocycles. The lowest BCUT2D eigenvalue weighted by Gasteiger charge is -2.25. The van der Waals surface area contributed by atoms with Crippen LogP contribution in [0.3, 0.4) is 0 Å². The van der Waals surface area contributed by atoms with E-state index in [4.69, 9.17) is 18.9 Å². The summed E-state index contributed by atoms with van der Waals surface area (Å²) in [5.41, 5.74) is -7.21. The summed E-state index contributed by atoms with van der Waals surface area (Å²) in [4.78, 5) is 80.2. The van der Waals surface area contributed by atoms with Crippen LogP contribution in [0.15, 0.2) is 36.4 Å². The van der Waals surface area contributed by atoms with Gasteiger partial charge < -0.3 is 29.2 Å². The summed E-state index contributed by atoms with van der Waals surface area (Å²) in [6, 6.07) is 4.76. The summed E-state index contributed by atoms with van der Waals surface area (Å²) in [5.74, 6) is -7.49. The maximum absolute atomic E-state index is 14.1. The van der Waals surface area contributed by atoms with E-state index in [2.05, 4.69) is 0 Å². The van der Waals surface area contributed by atoms with Crippen LogP contribution < -0.4 is 0 Å². The lowest BCUT2D eigenvalue weighted by molar-refractivity contribution is -0.150. The third-order valence-corrected chi connectivity index (χ3v) is 6.46. The second-order valence-electron chi connectivity index (χ2n) is 15.6. The zero-order chi connectivity index (χ0) is 38.3. The molecular formula is C38H44O12. The summed E-state index contributed by atoms with van der Waals surface area (Å²) < 4.78 is 21.6. The van der Waals surface area contributed by atoms with Gasteiger partial charge in [-0.15, -0.1) is 0 Å². The first-order valence-corrected chi connectivity index (χ1v) is 15.8. The van der Waals surface area contributed by atoms with E-state index in [1.807, 2.05) is 0 Å². The molecule has 0 amide bonds. The molecule has 1 aliphatic carbocycles.